The Balaban J connectivity index is 1.88. The lowest BCUT2D eigenvalue weighted by Gasteiger charge is -2.18. The SMILES string of the molecule is NNc1cccc(NCC2CCCC2CO)n1. The van der Waals surface area contributed by atoms with Gasteiger partial charge in [-0.3, -0.25) is 0 Å². The van der Waals surface area contributed by atoms with Crippen molar-refractivity contribution in [3.8, 4) is 0 Å². The maximum atomic E-state index is 9.25. The van der Waals surface area contributed by atoms with E-state index in [0.717, 1.165) is 18.8 Å². The summed E-state index contributed by atoms with van der Waals surface area (Å²) < 4.78 is 0. The first kappa shape index (κ1) is 12.1. The van der Waals surface area contributed by atoms with E-state index < -0.39 is 0 Å². The highest BCUT2D eigenvalue weighted by Gasteiger charge is 2.26. The molecule has 1 aliphatic carbocycles. The summed E-state index contributed by atoms with van der Waals surface area (Å²) in [6, 6.07) is 5.64. The first-order chi connectivity index (χ1) is 8.33. The van der Waals surface area contributed by atoms with Crippen LogP contribution in [0.15, 0.2) is 18.2 Å². The third kappa shape index (κ3) is 3.08. The largest absolute Gasteiger partial charge is 0.396 e. The molecule has 17 heavy (non-hydrogen) atoms. The Hall–Kier alpha value is -1.33. The number of nitrogens with zero attached hydrogens (tertiary/aromatic N) is 1. The lowest BCUT2D eigenvalue weighted by molar-refractivity contribution is 0.199. The first-order valence-electron chi connectivity index (χ1n) is 6.12. The second kappa shape index (κ2) is 5.84. The van der Waals surface area contributed by atoms with Gasteiger partial charge in [0, 0.05) is 13.2 Å². The summed E-state index contributed by atoms with van der Waals surface area (Å²) in [4.78, 5) is 4.29. The number of anilines is 2. The summed E-state index contributed by atoms with van der Waals surface area (Å²) in [6.07, 6.45) is 3.54. The van der Waals surface area contributed by atoms with Gasteiger partial charge >= 0.3 is 0 Å². The van der Waals surface area contributed by atoms with Gasteiger partial charge in [0.15, 0.2) is 0 Å². The molecule has 1 aromatic rings. The molecule has 0 bridgehead atoms. The fraction of sp³-hybridized carbons (Fsp3) is 0.583. The van der Waals surface area contributed by atoms with Crippen molar-refractivity contribution in [2.24, 2.45) is 17.7 Å². The summed E-state index contributed by atoms with van der Waals surface area (Å²) in [5, 5.41) is 12.6. The topological polar surface area (TPSA) is 83.2 Å². The van der Waals surface area contributed by atoms with Crippen molar-refractivity contribution in [3.05, 3.63) is 18.2 Å². The molecule has 2 atom stereocenters. The molecule has 1 aromatic heterocycles. The van der Waals surface area contributed by atoms with Gasteiger partial charge in [-0.05, 0) is 36.8 Å². The number of aromatic nitrogens is 1. The molecule has 0 saturated heterocycles. The molecule has 1 saturated carbocycles. The Morgan fingerprint density at radius 2 is 2.06 bits per heavy atom. The quantitative estimate of drug-likeness (QED) is 0.456. The second-order valence-corrected chi connectivity index (χ2v) is 4.57. The Bertz CT molecular complexity index is 358. The predicted octanol–water partition coefficient (Wildman–Crippen LogP) is 1.19. The molecule has 0 aliphatic heterocycles. The third-order valence-electron chi connectivity index (χ3n) is 3.49. The van der Waals surface area contributed by atoms with Crippen molar-refractivity contribution in [1.29, 1.82) is 0 Å². The number of nitrogens with two attached hydrogens (primary N) is 1. The zero-order chi connectivity index (χ0) is 12.1. The van der Waals surface area contributed by atoms with E-state index in [1.165, 1.54) is 12.8 Å². The van der Waals surface area contributed by atoms with Gasteiger partial charge in [0.2, 0.25) is 0 Å². The molecule has 2 rings (SSSR count). The molecule has 94 valence electrons. The normalized spacial score (nSPS) is 23.6. The number of pyridine rings is 1. The van der Waals surface area contributed by atoms with Crippen LogP contribution in [0.4, 0.5) is 11.6 Å². The predicted molar refractivity (Wildman–Crippen MR) is 68.5 cm³/mol. The van der Waals surface area contributed by atoms with Gasteiger partial charge in [-0.2, -0.15) is 0 Å². The average Bonchev–Trinajstić information content (AvgIpc) is 2.84. The van der Waals surface area contributed by atoms with Crippen LogP contribution in [0.2, 0.25) is 0 Å². The maximum Gasteiger partial charge on any atom is 0.142 e. The monoisotopic (exact) mass is 236 g/mol. The molecule has 0 amide bonds. The average molecular weight is 236 g/mol. The third-order valence-corrected chi connectivity index (χ3v) is 3.49. The molecular weight excluding hydrogens is 216 g/mol. The number of aliphatic hydroxyl groups is 1. The van der Waals surface area contributed by atoms with Crippen LogP contribution < -0.4 is 16.6 Å². The van der Waals surface area contributed by atoms with E-state index in [1.807, 2.05) is 18.2 Å². The molecule has 2 unspecified atom stereocenters. The smallest absolute Gasteiger partial charge is 0.142 e. The fourth-order valence-electron chi connectivity index (χ4n) is 2.47. The summed E-state index contributed by atoms with van der Waals surface area (Å²) in [5.74, 6) is 7.78. The minimum Gasteiger partial charge on any atom is -0.396 e. The molecule has 0 radical (unpaired) electrons. The van der Waals surface area contributed by atoms with Gasteiger partial charge < -0.3 is 15.8 Å². The summed E-state index contributed by atoms with van der Waals surface area (Å²) in [6.45, 7) is 1.16. The zero-order valence-electron chi connectivity index (χ0n) is 9.89. The van der Waals surface area contributed by atoms with Crippen LogP contribution in [0, 0.1) is 11.8 Å². The highest BCUT2D eigenvalue weighted by molar-refractivity contribution is 5.44. The van der Waals surface area contributed by atoms with Crippen LogP contribution in [0.3, 0.4) is 0 Å². The van der Waals surface area contributed by atoms with E-state index in [-0.39, 0.29) is 0 Å². The van der Waals surface area contributed by atoms with Gasteiger partial charge in [0.05, 0.1) is 0 Å². The fourth-order valence-corrected chi connectivity index (χ4v) is 2.47. The van der Waals surface area contributed by atoms with E-state index >= 15 is 0 Å². The molecule has 1 fully saturated rings. The van der Waals surface area contributed by atoms with Crippen LogP contribution >= 0.6 is 0 Å². The Morgan fingerprint density at radius 1 is 1.29 bits per heavy atom. The molecule has 5 N–H and O–H groups in total. The Morgan fingerprint density at radius 3 is 2.82 bits per heavy atom. The van der Waals surface area contributed by atoms with Crippen molar-refractivity contribution in [2.75, 3.05) is 23.9 Å². The van der Waals surface area contributed by atoms with E-state index in [0.29, 0.717) is 24.3 Å². The van der Waals surface area contributed by atoms with Crippen LogP contribution in [0.5, 0.6) is 0 Å². The number of hydrogen-bond acceptors (Lipinski definition) is 5. The lowest BCUT2D eigenvalue weighted by Crippen LogP contribution is -2.21. The van der Waals surface area contributed by atoms with Crippen molar-refractivity contribution in [1.82, 2.24) is 4.98 Å². The molecule has 0 aromatic carbocycles. The Labute approximate surface area is 101 Å². The van der Waals surface area contributed by atoms with Gasteiger partial charge in [0.1, 0.15) is 11.6 Å². The maximum absolute atomic E-state index is 9.25. The standard InChI is InChI=1S/C12H20N4O/c13-16-12-6-2-5-11(15-12)14-7-9-3-1-4-10(9)8-17/h2,5-6,9-10,17H,1,3-4,7-8,13H2,(H2,14,15,16). The number of rotatable bonds is 5. The van der Waals surface area contributed by atoms with Crippen molar-refractivity contribution >= 4 is 11.6 Å². The molecular formula is C12H20N4O. The van der Waals surface area contributed by atoms with Crippen LogP contribution in [0.1, 0.15) is 19.3 Å². The molecule has 1 aliphatic rings. The van der Waals surface area contributed by atoms with Crippen molar-refractivity contribution < 1.29 is 5.11 Å². The van der Waals surface area contributed by atoms with E-state index in [4.69, 9.17) is 5.84 Å². The van der Waals surface area contributed by atoms with E-state index in [9.17, 15) is 5.11 Å². The zero-order valence-corrected chi connectivity index (χ0v) is 9.89. The number of hydrazine groups is 1. The van der Waals surface area contributed by atoms with Gasteiger partial charge in [0.25, 0.3) is 0 Å². The summed E-state index contributed by atoms with van der Waals surface area (Å²) in [5.41, 5.74) is 2.52. The first-order valence-corrected chi connectivity index (χ1v) is 6.12. The van der Waals surface area contributed by atoms with E-state index in [1.54, 1.807) is 0 Å². The summed E-state index contributed by atoms with van der Waals surface area (Å²) in [7, 11) is 0. The Kier molecular flexibility index (Phi) is 4.17. The second-order valence-electron chi connectivity index (χ2n) is 4.57. The van der Waals surface area contributed by atoms with Gasteiger partial charge in [-0.25, -0.2) is 10.8 Å². The van der Waals surface area contributed by atoms with Crippen molar-refractivity contribution in [3.63, 3.8) is 0 Å². The van der Waals surface area contributed by atoms with Crippen molar-refractivity contribution in [2.45, 2.75) is 19.3 Å². The molecule has 5 heteroatoms. The lowest BCUT2D eigenvalue weighted by atomic mass is 9.97. The number of aliphatic hydroxyl groups excluding tert-OH is 1. The number of hydrogen-bond donors (Lipinski definition) is 4. The van der Waals surface area contributed by atoms with Crippen LogP contribution in [-0.4, -0.2) is 23.2 Å². The van der Waals surface area contributed by atoms with Crippen LogP contribution in [0.25, 0.3) is 0 Å². The minimum absolute atomic E-state index is 0.296. The van der Waals surface area contributed by atoms with E-state index in [2.05, 4.69) is 15.7 Å². The van der Waals surface area contributed by atoms with Gasteiger partial charge in [-0.15, -0.1) is 0 Å². The minimum atomic E-state index is 0.296. The van der Waals surface area contributed by atoms with Gasteiger partial charge in [-0.1, -0.05) is 12.5 Å². The number of nitrogens with one attached hydrogen (secondary N) is 2. The molecule has 0 spiro atoms. The number of nitrogen functional groups attached to an aromatic ring is 1. The molecule has 1 heterocycles. The highest BCUT2D eigenvalue weighted by atomic mass is 16.3. The molecule has 5 nitrogen and oxygen atoms in total. The summed E-state index contributed by atoms with van der Waals surface area (Å²) >= 11 is 0. The highest BCUT2D eigenvalue weighted by Crippen LogP contribution is 2.31. The van der Waals surface area contributed by atoms with Crippen LogP contribution in [-0.2, 0) is 0 Å².